The van der Waals surface area contributed by atoms with E-state index in [-0.39, 0.29) is 14.5 Å². The molecule has 1 aliphatic rings. The number of aromatic nitrogens is 2. The van der Waals surface area contributed by atoms with Gasteiger partial charge < -0.3 is 16.0 Å². The second-order valence-electron chi connectivity index (χ2n) is 5.36. The highest BCUT2D eigenvalue weighted by atomic mass is 35.5. The number of anilines is 2. The molecule has 2 aromatic heterocycles. The normalized spacial score (nSPS) is 15.3. The van der Waals surface area contributed by atoms with Crippen molar-refractivity contribution in [2.75, 3.05) is 36.8 Å². The lowest BCUT2D eigenvalue weighted by Gasteiger charge is -2.22. The number of nitrogens with two attached hydrogens (primary N) is 1. The Labute approximate surface area is 142 Å². The van der Waals surface area contributed by atoms with E-state index in [2.05, 4.69) is 20.2 Å². The van der Waals surface area contributed by atoms with Crippen molar-refractivity contribution in [2.45, 2.75) is 6.42 Å². The third-order valence-electron chi connectivity index (χ3n) is 3.78. The van der Waals surface area contributed by atoms with Crippen LogP contribution in [0.3, 0.4) is 0 Å². The molecule has 3 rings (SSSR count). The van der Waals surface area contributed by atoms with Crippen LogP contribution in [0.2, 0.25) is 5.02 Å². The number of pyridine rings is 2. The van der Waals surface area contributed by atoms with E-state index in [0.717, 1.165) is 32.6 Å². The Bertz CT molecular complexity index is 723. The first-order valence-corrected chi connectivity index (χ1v) is 7.92. The van der Waals surface area contributed by atoms with Gasteiger partial charge in [-0.15, -0.1) is 0 Å². The van der Waals surface area contributed by atoms with E-state index in [1.807, 2.05) is 0 Å². The standard InChI is InChI=1S/C16H18ClN5O.2H2/c17-12-4-5-13(14(23)11-3-1-7-20-15(11)18)21-16(12)22-9-2-6-19-8-10-22;;/h1,3-5,7,19H,2,6,8-10H2,(H2,18,20);2*1H. The molecule has 0 saturated carbocycles. The van der Waals surface area contributed by atoms with Crippen LogP contribution in [0.4, 0.5) is 11.6 Å². The molecule has 3 heterocycles. The van der Waals surface area contributed by atoms with Crippen molar-refractivity contribution in [3.8, 4) is 0 Å². The molecule has 0 aliphatic carbocycles. The van der Waals surface area contributed by atoms with Crippen LogP contribution in [0, 0.1) is 0 Å². The SMILES string of the molecule is Nc1ncccc1C(=O)c1ccc(Cl)c(N2CCCNCC2)n1.[HH].[HH]. The number of hydrogen-bond donors (Lipinski definition) is 2. The fraction of sp³-hybridized carbons (Fsp3) is 0.312. The molecule has 1 fully saturated rings. The van der Waals surface area contributed by atoms with Crippen LogP contribution < -0.4 is 16.0 Å². The summed E-state index contributed by atoms with van der Waals surface area (Å²) in [6.45, 7) is 3.50. The average Bonchev–Trinajstić information content (AvgIpc) is 2.84. The predicted molar refractivity (Wildman–Crippen MR) is 95.3 cm³/mol. The minimum atomic E-state index is -0.249. The van der Waals surface area contributed by atoms with Crippen molar-refractivity contribution in [1.82, 2.24) is 15.3 Å². The van der Waals surface area contributed by atoms with Crippen LogP contribution >= 0.6 is 11.6 Å². The summed E-state index contributed by atoms with van der Waals surface area (Å²) in [4.78, 5) is 23.2. The Hall–Kier alpha value is -2.18. The smallest absolute Gasteiger partial charge is 0.215 e. The van der Waals surface area contributed by atoms with Gasteiger partial charge >= 0.3 is 0 Å². The molecular weight excluding hydrogens is 314 g/mol. The van der Waals surface area contributed by atoms with E-state index in [1.54, 1.807) is 30.5 Å². The van der Waals surface area contributed by atoms with Gasteiger partial charge in [0.2, 0.25) is 5.78 Å². The van der Waals surface area contributed by atoms with Gasteiger partial charge in [-0.2, -0.15) is 0 Å². The highest BCUT2D eigenvalue weighted by Gasteiger charge is 2.19. The van der Waals surface area contributed by atoms with Gasteiger partial charge in [0.15, 0.2) is 0 Å². The minimum absolute atomic E-state index is 0. The van der Waals surface area contributed by atoms with E-state index in [4.69, 9.17) is 17.3 Å². The first kappa shape index (κ1) is 15.7. The molecule has 7 heteroatoms. The predicted octanol–water partition coefficient (Wildman–Crippen LogP) is 2.23. The Morgan fingerprint density at radius 2 is 2.17 bits per heavy atom. The van der Waals surface area contributed by atoms with Gasteiger partial charge in [-0.1, -0.05) is 11.6 Å². The van der Waals surface area contributed by atoms with Gasteiger partial charge in [-0.05, 0) is 37.2 Å². The molecule has 0 spiro atoms. The number of nitrogens with zero attached hydrogens (tertiary/aromatic N) is 3. The molecule has 6 nitrogen and oxygen atoms in total. The third-order valence-corrected chi connectivity index (χ3v) is 4.08. The van der Waals surface area contributed by atoms with Crippen molar-refractivity contribution in [3.63, 3.8) is 0 Å². The number of carbonyl (C=O) groups is 1. The molecule has 0 radical (unpaired) electrons. The second kappa shape index (κ2) is 6.93. The van der Waals surface area contributed by atoms with Crippen LogP contribution in [0.25, 0.3) is 0 Å². The van der Waals surface area contributed by atoms with Crippen LogP contribution in [-0.2, 0) is 0 Å². The number of nitrogen functional groups attached to an aromatic ring is 1. The van der Waals surface area contributed by atoms with Gasteiger partial charge in [0.1, 0.15) is 17.3 Å². The van der Waals surface area contributed by atoms with E-state index in [9.17, 15) is 4.79 Å². The molecule has 1 saturated heterocycles. The Kier molecular flexibility index (Phi) is 4.73. The molecule has 2 aromatic rings. The summed E-state index contributed by atoms with van der Waals surface area (Å²) in [6, 6.07) is 6.66. The fourth-order valence-electron chi connectivity index (χ4n) is 2.58. The van der Waals surface area contributed by atoms with Gasteiger partial charge in [0, 0.05) is 28.7 Å². The van der Waals surface area contributed by atoms with Crippen LogP contribution in [-0.4, -0.2) is 41.9 Å². The molecule has 0 amide bonds. The third kappa shape index (κ3) is 3.43. The zero-order chi connectivity index (χ0) is 16.2. The molecule has 124 valence electrons. The lowest BCUT2D eigenvalue weighted by molar-refractivity contribution is 0.103. The maximum absolute atomic E-state index is 12.6. The van der Waals surface area contributed by atoms with E-state index in [0.29, 0.717) is 22.1 Å². The maximum Gasteiger partial charge on any atom is 0.215 e. The van der Waals surface area contributed by atoms with Crippen LogP contribution in [0.15, 0.2) is 30.5 Å². The molecule has 23 heavy (non-hydrogen) atoms. The molecule has 0 atom stereocenters. The van der Waals surface area contributed by atoms with E-state index < -0.39 is 0 Å². The fourth-order valence-corrected chi connectivity index (χ4v) is 2.81. The topological polar surface area (TPSA) is 84.1 Å². The number of carbonyl (C=O) groups excluding carboxylic acids is 1. The Morgan fingerprint density at radius 1 is 1.30 bits per heavy atom. The van der Waals surface area contributed by atoms with Crippen molar-refractivity contribution in [2.24, 2.45) is 0 Å². The van der Waals surface area contributed by atoms with Gasteiger partial charge in [-0.25, -0.2) is 9.97 Å². The summed E-state index contributed by atoms with van der Waals surface area (Å²) >= 11 is 6.29. The molecule has 0 unspecified atom stereocenters. The Balaban J connectivity index is 0.00000156. The number of rotatable bonds is 3. The summed E-state index contributed by atoms with van der Waals surface area (Å²) in [5.74, 6) is 0.597. The summed E-state index contributed by atoms with van der Waals surface area (Å²) in [5, 5.41) is 3.88. The van der Waals surface area contributed by atoms with Gasteiger partial charge in [-0.3, -0.25) is 4.79 Å². The summed E-state index contributed by atoms with van der Waals surface area (Å²) in [7, 11) is 0. The first-order valence-electron chi connectivity index (χ1n) is 7.54. The summed E-state index contributed by atoms with van der Waals surface area (Å²) in [5.41, 5.74) is 6.46. The number of hydrogen-bond acceptors (Lipinski definition) is 6. The molecular formula is C16H22ClN5O. The zero-order valence-corrected chi connectivity index (χ0v) is 13.4. The number of halogens is 1. The van der Waals surface area contributed by atoms with Crippen LogP contribution in [0.1, 0.15) is 25.3 Å². The summed E-state index contributed by atoms with van der Waals surface area (Å²) in [6.07, 6.45) is 2.56. The Morgan fingerprint density at radius 3 is 3.00 bits per heavy atom. The van der Waals surface area contributed by atoms with Crippen molar-refractivity contribution in [1.29, 1.82) is 0 Å². The molecule has 1 aliphatic heterocycles. The molecule has 3 N–H and O–H groups in total. The number of ketones is 1. The second-order valence-corrected chi connectivity index (χ2v) is 5.77. The highest BCUT2D eigenvalue weighted by Crippen LogP contribution is 2.25. The van der Waals surface area contributed by atoms with Crippen molar-refractivity contribution in [3.05, 3.63) is 46.7 Å². The lowest BCUT2D eigenvalue weighted by Crippen LogP contribution is -2.29. The summed E-state index contributed by atoms with van der Waals surface area (Å²) < 4.78 is 0. The lowest BCUT2D eigenvalue weighted by atomic mass is 10.1. The first-order chi connectivity index (χ1) is 11.2. The highest BCUT2D eigenvalue weighted by molar-refractivity contribution is 6.33. The average molecular weight is 336 g/mol. The maximum atomic E-state index is 12.6. The van der Waals surface area contributed by atoms with Crippen LogP contribution in [0.5, 0.6) is 0 Å². The quantitative estimate of drug-likeness (QED) is 0.837. The number of nitrogens with one attached hydrogen (secondary N) is 1. The van der Waals surface area contributed by atoms with Crippen molar-refractivity contribution >= 4 is 29.0 Å². The van der Waals surface area contributed by atoms with Gasteiger partial charge in [0.25, 0.3) is 0 Å². The van der Waals surface area contributed by atoms with Crippen molar-refractivity contribution < 1.29 is 7.65 Å². The van der Waals surface area contributed by atoms with E-state index >= 15 is 0 Å². The minimum Gasteiger partial charge on any atom is -0.383 e. The monoisotopic (exact) mass is 335 g/mol. The largest absolute Gasteiger partial charge is 0.383 e. The van der Waals surface area contributed by atoms with Gasteiger partial charge in [0.05, 0.1) is 10.6 Å². The zero-order valence-electron chi connectivity index (χ0n) is 12.6. The molecule has 0 bridgehead atoms. The molecule has 0 aromatic carbocycles. The van der Waals surface area contributed by atoms with E-state index in [1.165, 1.54) is 0 Å².